The van der Waals surface area contributed by atoms with Gasteiger partial charge in [0.1, 0.15) is 36.8 Å². The first-order chi connectivity index (χ1) is 32.6. The topological polar surface area (TPSA) is 201 Å². The number of amides is 1. The monoisotopic (exact) mass is 961 g/mol. The molecule has 0 saturated heterocycles. The van der Waals surface area contributed by atoms with Crippen LogP contribution >= 0.6 is 11.8 Å². The first-order valence-electron chi connectivity index (χ1n) is 23.8. The summed E-state index contributed by atoms with van der Waals surface area (Å²) in [6.07, 6.45) is 1.21. The van der Waals surface area contributed by atoms with Crippen LogP contribution in [0.1, 0.15) is 123 Å². The molecule has 69 heavy (non-hydrogen) atoms. The van der Waals surface area contributed by atoms with Gasteiger partial charge in [0, 0.05) is 37.4 Å². The fourth-order valence-electron chi connectivity index (χ4n) is 9.28. The molecule has 1 amide bonds. The number of allylic oxidation sites excluding steroid dienone is 4. The summed E-state index contributed by atoms with van der Waals surface area (Å²) in [7, 11) is 0. The van der Waals surface area contributed by atoms with Gasteiger partial charge < -0.3 is 30.1 Å². The van der Waals surface area contributed by atoms with E-state index < -0.39 is 35.5 Å². The smallest absolute Gasteiger partial charge is 0.407 e. The maximum atomic E-state index is 14.0. The van der Waals surface area contributed by atoms with Crippen LogP contribution in [0, 0.1) is 22.7 Å². The molecule has 3 aromatic carbocycles. The lowest BCUT2D eigenvalue weighted by Gasteiger charge is -2.30. The Balaban J connectivity index is 1.15. The van der Waals surface area contributed by atoms with Crippen molar-refractivity contribution in [1.29, 1.82) is 0 Å². The molecule has 368 valence electrons. The molecule has 0 heterocycles. The van der Waals surface area contributed by atoms with Crippen LogP contribution in [0.25, 0.3) is 11.1 Å². The summed E-state index contributed by atoms with van der Waals surface area (Å²) in [5, 5.41) is 34.7. The van der Waals surface area contributed by atoms with Crippen molar-refractivity contribution in [3.05, 3.63) is 112 Å². The van der Waals surface area contributed by atoms with Crippen LogP contribution in [0.5, 0.6) is 0 Å². The van der Waals surface area contributed by atoms with Crippen molar-refractivity contribution in [1.82, 2.24) is 5.32 Å². The third-order valence-corrected chi connectivity index (χ3v) is 13.5. The normalized spacial score (nSPS) is 18.0. The SMILES string of the molecule is CC(C)CC(=Nc1ccc(COC(=O)[C@H](CCSC[C@H](NC(=O)OCC2c3ccccc3-c3ccccc32)C(=O)O)N=C(CC(C)C)C2=C(O)CC(C)(C)CC2=O)cc1)C1=C(O)CC(C)(C)CC1=O. The Hall–Kier alpha value is -6.02. The number of aliphatic carboxylic acids is 1. The number of thioether (sulfide) groups is 1. The van der Waals surface area contributed by atoms with E-state index in [2.05, 4.69) is 5.32 Å². The molecule has 3 aliphatic rings. The molecule has 4 N–H and O–H groups in total. The summed E-state index contributed by atoms with van der Waals surface area (Å²) in [6.45, 7) is 15.6. The molecule has 2 atom stereocenters. The van der Waals surface area contributed by atoms with E-state index in [-0.39, 0.29) is 101 Å². The standard InChI is InChI=1S/C55H67N3O10S/c1-32(2)23-42(49-45(59)25-54(5,6)26-46(49)60)56-35-19-17-34(18-20-35)29-67-52(65)41(57-43(24-33(3)4)50-47(61)27-55(7,8)28-48(50)62)21-22-69-31-44(51(63)64)58-53(66)68-30-40-38-15-11-9-13-36(38)37-14-10-12-16-39(37)40/h9-20,32-33,40-41,44,59,61H,21-31H2,1-8H3,(H,58,66)(H,63,64)/t41-,44-/m0/s1. The number of carboxylic acids is 1. The maximum absolute atomic E-state index is 14.0. The molecule has 0 aliphatic heterocycles. The lowest BCUT2D eigenvalue weighted by molar-refractivity contribution is -0.146. The molecule has 0 unspecified atom stereocenters. The number of benzene rings is 3. The number of aliphatic hydroxyl groups excluding tert-OH is 2. The van der Waals surface area contributed by atoms with Gasteiger partial charge in [0.25, 0.3) is 0 Å². The average Bonchev–Trinajstić information content (AvgIpc) is 3.57. The second-order valence-corrected chi connectivity index (χ2v) is 22.0. The van der Waals surface area contributed by atoms with E-state index in [1.807, 2.05) is 104 Å². The summed E-state index contributed by atoms with van der Waals surface area (Å²) in [4.78, 5) is 75.9. The second-order valence-electron chi connectivity index (χ2n) is 20.9. The second kappa shape index (κ2) is 22.6. The van der Waals surface area contributed by atoms with Crippen molar-refractivity contribution in [3.63, 3.8) is 0 Å². The first kappa shape index (κ1) is 52.4. The number of aliphatic hydroxyl groups is 2. The molecule has 14 heteroatoms. The first-order valence-corrected chi connectivity index (χ1v) is 25.0. The lowest BCUT2D eigenvalue weighted by atomic mass is 9.75. The van der Waals surface area contributed by atoms with Crippen LogP contribution < -0.4 is 5.32 Å². The molecule has 0 bridgehead atoms. The molecule has 6 rings (SSSR count). The van der Waals surface area contributed by atoms with E-state index in [1.54, 1.807) is 24.3 Å². The molecule has 3 aromatic rings. The number of rotatable bonds is 20. The van der Waals surface area contributed by atoms with Crippen molar-refractivity contribution >= 4 is 58.5 Å². The Kier molecular flexibility index (Phi) is 17.1. The molecule has 3 aliphatic carbocycles. The minimum Gasteiger partial charge on any atom is -0.511 e. The number of ketones is 2. The number of Topliss-reactive ketones (excluding diaryl/α,β-unsaturated/α-hetero) is 2. The van der Waals surface area contributed by atoms with Crippen LogP contribution in [0.4, 0.5) is 10.5 Å². The number of nitrogens with zero attached hydrogens (tertiary/aromatic N) is 2. The summed E-state index contributed by atoms with van der Waals surface area (Å²) >= 11 is 1.21. The van der Waals surface area contributed by atoms with Gasteiger partial charge >= 0.3 is 18.0 Å². The number of carbonyl (C=O) groups is 5. The Morgan fingerprint density at radius 2 is 1.26 bits per heavy atom. The highest BCUT2D eigenvalue weighted by molar-refractivity contribution is 7.99. The van der Waals surface area contributed by atoms with Crippen molar-refractivity contribution < 1.29 is 48.8 Å². The van der Waals surface area contributed by atoms with Crippen LogP contribution in [-0.4, -0.2) is 86.5 Å². The summed E-state index contributed by atoms with van der Waals surface area (Å²) in [5.41, 5.74) is 5.88. The molecule has 0 spiro atoms. The van der Waals surface area contributed by atoms with Gasteiger partial charge in [-0.15, -0.1) is 0 Å². The number of fused-ring (bicyclic) bond motifs is 3. The van der Waals surface area contributed by atoms with Gasteiger partial charge in [-0.05, 0) is 87.6 Å². The van der Waals surface area contributed by atoms with Crippen LogP contribution in [0.15, 0.2) is 105 Å². The largest absolute Gasteiger partial charge is 0.511 e. The third-order valence-electron chi connectivity index (χ3n) is 12.4. The van der Waals surface area contributed by atoms with Crippen molar-refractivity contribution in [2.45, 2.75) is 125 Å². The molecule has 13 nitrogen and oxygen atoms in total. The highest BCUT2D eigenvalue weighted by Crippen LogP contribution is 2.45. The molecule has 0 radical (unpaired) electrons. The number of nitrogens with one attached hydrogen (secondary N) is 1. The highest BCUT2D eigenvalue weighted by Gasteiger charge is 2.37. The van der Waals surface area contributed by atoms with E-state index in [0.717, 1.165) is 22.3 Å². The summed E-state index contributed by atoms with van der Waals surface area (Å²) in [6, 6.07) is 20.5. The number of hydrogen-bond donors (Lipinski definition) is 4. The number of esters is 1. The number of aliphatic imine (C=N–C) groups is 2. The molecule has 0 saturated carbocycles. The Bertz CT molecular complexity index is 2510. The number of ether oxygens (including phenoxy) is 2. The van der Waals surface area contributed by atoms with Gasteiger partial charge in [-0.25, -0.2) is 14.4 Å². The molecular weight excluding hydrogens is 895 g/mol. The zero-order valence-electron chi connectivity index (χ0n) is 41.1. The summed E-state index contributed by atoms with van der Waals surface area (Å²) in [5.74, 6) is -2.13. The lowest BCUT2D eigenvalue weighted by Crippen LogP contribution is -2.43. The number of hydrogen-bond acceptors (Lipinski definition) is 12. The zero-order valence-corrected chi connectivity index (χ0v) is 41.9. The summed E-state index contributed by atoms with van der Waals surface area (Å²) < 4.78 is 11.5. The fourth-order valence-corrected chi connectivity index (χ4v) is 10.3. The van der Waals surface area contributed by atoms with Gasteiger partial charge in [-0.2, -0.15) is 11.8 Å². The molecular formula is C55H67N3O10S. The number of carboxylic acid groups (broad SMARTS) is 1. The fraction of sp³-hybridized carbons (Fsp3) is 0.473. The van der Waals surface area contributed by atoms with Crippen molar-refractivity contribution in [2.75, 3.05) is 18.1 Å². The minimum atomic E-state index is -1.30. The predicted molar refractivity (Wildman–Crippen MR) is 270 cm³/mol. The molecule has 0 aromatic heterocycles. The van der Waals surface area contributed by atoms with Gasteiger partial charge in [0.2, 0.25) is 0 Å². The highest BCUT2D eigenvalue weighted by atomic mass is 32.2. The Morgan fingerprint density at radius 1 is 0.739 bits per heavy atom. The van der Waals surface area contributed by atoms with E-state index in [0.29, 0.717) is 48.4 Å². The van der Waals surface area contributed by atoms with E-state index in [1.165, 1.54) is 11.8 Å². The minimum absolute atomic E-state index is 0.0173. The van der Waals surface area contributed by atoms with E-state index >= 15 is 0 Å². The van der Waals surface area contributed by atoms with Gasteiger partial charge in [-0.3, -0.25) is 19.6 Å². The zero-order chi connectivity index (χ0) is 50.2. The van der Waals surface area contributed by atoms with Crippen molar-refractivity contribution in [2.24, 2.45) is 32.7 Å². The maximum Gasteiger partial charge on any atom is 0.407 e. The van der Waals surface area contributed by atoms with Gasteiger partial charge in [-0.1, -0.05) is 116 Å². The number of carbonyl (C=O) groups excluding carboxylic acids is 4. The molecule has 0 fully saturated rings. The number of alkyl carbamates (subject to hydrolysis) is 1. The van der Waals surface area contributed by atoms with Crippen LogP contribution in [0.3, 0.4) is 0 Å². The quantitative estimate of drug-likeness (QED) is 0.0477. The van der Waals surface area contributed by atoms with Gasteiger partial charge in [0.15, 0.2) is 11.6 Å². The van der Waals surface area contributed by atoms with Gasteiger partial charge in [0.05, 0.1) is 28.3 Å². The van der Waals surface area contributed by atoms with E-state index in [4.69, 9.17) is 19.5 Å². The Morgan fingerprint density at radius 3 is 1.78 bits per heavy atom. The predicted octanol–water partition coefficient (Wildman–Crippen LogP) is 11.2. The van der Waals surface area contributed by atoms with Crippen LogP contribution in [0.2, 0.25) is 0 Å². The Labute approximate surface area is 410 Å². The van der Waals surface area contributed by atoms with E-state index in [9.17, 15) is 39.3 Å². The van der Waals surface area contributed by atoms with Crippen molar-refractivity contribution in [3.8, 4) is 11.1 Å². The van der Waals surface area contributed by atoms with Crippen LogP contribution in [-0.2, 0) is 35.3 Å². The average molecular weight is 962 g/mol. The third kappa shape index (κ3) is 13.8.